The molecule has 0 aliphatic carbocycles. The van der Waals surface area contributed by atoms with Crippen molar-refractivity contribution < 1.29 is 9.15 Å². The first-order chi connectivity index (χ1) is 15.1. The SMILES string of the molecule is CC(C)(C)c1ccc2c(c1)C=C=C(c1ccc(-c3nc4cc(C(C)(C)C)ccc4o3)s1)O2. The Bertz CT molecular complexity index is 1400. The normalized spacial score (nSPS) is 13.8. The third-order valence-corrected chi connectivity index (χ3v) is 6.81. The molecule has 0 atom stereocenters. The van der Waals surface area contributed by atoms with Crippen LogP contribution in [0.15, 0.2) is 58.7 Å². The molecule has 4 heteroatoms. The van der Waals surface area contributed by atoms with E-state index in [-0.39, 0.29) is 10.8 Å². The lowest BCUT2D eigenvalue weighted by atomic mass is 9.86. The number of ether oxygens (including phenoxy) is 1. The molecule has 3 heterocycles. The highest BCUT2D eigenvalue weighted by molar-refractivity contribution is 7.16. The van der Waals surface area contributed by atoms with Crippen molar-refractivity contribution >= 4 is 34.3 Å². The molecule has 2 aromatic carbocycles. The summed E-state index contributed by atoms with van der Waals surface area (Å²) in [7, 11) is 0. The molecule has 1 aliphatic rings. The van der Waals surface area contributed by atoms with Crippen LogP contribution < -0.4 is 4.74 Å². The van der Waals surface area contributed by atoms with Gasteiger partial charge in [0.05, 0.1) is 9.75 Å². The topological polar surface area (TPSA) is 35.3 Å². The highest BCUT2D eigenvalue weighted by Crippen LogP contribution is 2.38. The summed E-state index contributed by atoms with van der Waals surface area (Å²) in [6.07, 6.45) is 2.01. The molecular weight excluding hydrogens is 414 g/mol. The minimum Gasteiger partial charge on any atom is -0.447 e. The number of aromatic nitrogens is 1. The van der Waals surface area contributed by atoms with Crippen LogP contribution in [0, 0.1) is 0 Å². The Hall–Kier alpha value is -3.07. The van der Waals surface area contributed by atoms with Gasteiger partial charge in [0.2, 0.25) is 5.89 Å². The third kappa shape index (κ3) is 3.81. The first-order valence-corrected chi connectivity index (χ1v) is 11.7. The number of hydrogen-bond donors (Lipinski definition) is 0. The van der Waals surface area contributed by atoms with Gasteiger partial charge in [0.25, 0.3) is 0 Å². The lowest BCUT2D eigenvalue weighted by Gasteiger charge is -2.21. The highest BCUT2D eigenvalue weighted by Gasteiger charge is 2.20. The largest absolute Gasteiger partial charge is 0.447 e. The van der Waals surface area contributed by atoms with Crippen LogP contribution in [0.5, 0.6) is 5.75 Å². The molecule has 2 aromatic heterocycles. The smallest absolute Gasteiger partial charge is 0.237 e. The summed E-state index contributed by atoms with van der Waals surface area (Å²) < 4.78 is 12.2. The maximum atomic E-state index is 6.18. The van der Waals surface area contributed by atoms with Crippen LogP contribution in [-0.2, 0) is 10.8 Å². The molecule has 4 aromatic rings. The Balaban J connectivity index is 1.45. The zero-order chi connectivity index (χ0) is 22.7. The Morgan fingerprint density at radius 2 is 1.50 bits per heavy atom. The summed E-state index contributed by atoms with van der Waals surface area (Å²) in [5.74, 6) is 2.22. The summed E-state index contributed by atoms with van der Waals surface area (Å²) in [6.45, 7) is 13.3. The minimum atomic E-state index is 0.0739. The van der Waals surface area contributed by atoms with Crippen LogP contribution in [-0.4, -0.2) is 4.98 Å². The highest BCUT2D eigenvalue weighted by atomic mass is 32.1. The summed E-state index contributed by atoms with van der Waals surface area (Å²) in [5, 5.41) is 0. The van der Waals surface area contributed by atoms with Gasteiger partial charge in [-0.15, -0.1) is 11.3 Å². The zero-order valence-corrected chi connectivity index (χ0v) is 20.2. The van der Waals surface area contributed by atoms with E-state index in [4.69, 9.17) is 14.1 Å². The van der Waals surface area contributed by atoms with E-state index >= 15 is 0 Å². The Morgan fingerprint density at radius 1 is 0.812 bits per heavy atom. The number of hydrogen-bond acceptors (Lipinski definition) is 4. The van der Waals surface area contributed by atoms with Crippen molar-refractivity contribution in [2.45, 2.75) is 52.4 Å². The van der Waals surface area contributed by atoms with Gasteiger partial charge >= 0.3 is 0 Å². The van der Waals surface area contributed by atoms with E-state index < -0.39 is 0 Å². The molecule has 0 saturated heterocycles. The maximum absolute atomic E-state index is 6.18. The van der Waals surface area contributed by atoms with E-state index in [2.05, 4.69) is 77.6 Å². The van der Waals surface area contributed by atoms with Gasteiger partial charge in [0.1, 0.15) is 11.3 Å². The molecular formula is C28H27NO2S. The molecule has 0 spiro atoms. The zero-order valence-electron chi connectivity index (χ0n) is 19.4. The summed E-state index contributed by atoms with van der Waals surface area (Å²) in [5.41, 5.74) is 8.77. The van der Waals surface area contributed by atoms with Crippen LogP contribution >= 0.6 is 11.3 Å². The fourth-order valence-electron chi connectivity index (χ4n) is 3.70. The second-order valence-electron chi connectivity index (χ2n) is 10.3. The average Bonchev–Trinajstić information content (AvgIpc) is 3.38. The molecule has 1 aliphatic heterocycles. The van der Waals surface area contributed by atoms with Crippen LogP contribution in [0.25, 0.3) is 33.7 Å². The third-order valence-electron chi connectivity index (χ3n) is 5.74. The standard InChI is InChI=1S/C28H27NO2S/c1-27(2,3)18-8-11-21-17(15-18)7-10-23(30-21)24-13-14-25(32-24)26-29-20-16-19(28(4,5)6)9-12-22(20)31-26/h7-9,11-16H,1-6H3. The maximum Gasteiger partial charge on any atom is 0.237 e. The molecule has 0 unspecified atom stereocenters. The van der Waals surface area contributed by atoms with Gasteiger partial charge in [-0.1, -0.05) is 59.4 Å². The molecule has 0 amide bonds. The molecule has 162 valence electrons. The fourth-order valence-corrected chi connectivity index (χ4v) is 4.58. The van der Waals surface area contributed by atoms with E-state index in [1.807, 2.05) is 24.3 Å². The Kier molecular flexibility index (Phi) is 4.70. The van der Waals surface area contributed by atoms with Gasteiger partial charge in [-0.05, 0) is 64.4 Å². The van der Waals surface area contributed by atoms with Gasteiger partial charge < -0.3 is 9.15 Å². The van der Waals surface area contributed by atoms with Crippen molar-refractivity contribution in [1.29, 1.82) is 0 Å². The molecule has 0 N–H and O–H groups in total. The number of thiophene rings is 1. The summed E-state index contributed by atoms with van der Waals surface area (Å²) in [6, 6.07) is 16.7. The van der Waals surface area contributed by atoms with Crippen molar-refractivity contribution in [2.24, 2.45) is 0 Å². The van der Waals surface area contributed by atoms with Crippen molar-refractivity contribution in [3.8, 4) is 16.5 Å². The average molecular weight is 442 g/mol. The number of nitrogens with zero attached hydrogens (tertiary/aromatic N) is 1. The van der Waals surface area contributed by atoms with E-state index in [0.717, 1.165) is 37.9 Å². The molecule has 32 heavy (non-hydrogen) atoms. The van der Waals surface area contributed by atoms with E-state index in [9.17, 15) is 0 Å². The van der Waals surface area contributed by atoms with Crippen LogP contribution in [0.2, 0.25) is 0 Å². The molecule has 0 saturated carbocycles. The second-order valence-corrected chi connectivity index (χ2v) is 11.4. The first-order valence-electron chi connectivity index (χ1n) is 10.9. The number of fused-ring (bicyclic) bond motifs is 2. The van der Waals surface area contributed by atoms with E-state index in [1.54, 1.807) is 11.3 Å². The van der Waals surface area contributed by atoms with Crippen molar-refractivity contribution in [3.05, 3.63) is 75.8 Å². The van der Waals surface area contributed by atoms with Gasteiger partial charge in [0.15, 0.2) is 11.3 Å². The van der Waals surface area contributed by atoms with E-state index in [1.165, 1.54) is 11.1 Å². The summed E-state index contributed by atoms with van der Waals surface area (Å²) >= 11 is 1.60. The van der Waals surface area contributed by atoms with E-state index in [0.29, 0.717) is 5.89 Å². The van der Waals surface area contributed by atoms with Gasteiger partial charge in [-0.25, -0.2) is 4.98 Å². The second kappa shape index (κ2) is 7.23. The van der Waals surface area contributed by atoms with Crippen molar-refractivity contribution in [1.82, 2.24) is 4.98 Å². The van der Waals surface area contributed by atoms with Gasteiger partial charge in [-0.3, -0.25) is 0 Å². The molecule has 3 nitrogen and oxygen atoms in total. The van der Waals surface area contributed by atoms with Crippen molar-refractivity contribution in [2.75, 3.05) is 0 Å². The molecule has 0 fully saturated rings. The molecule has 0 bridgehead atoms. The van der Waals surface area contributed by atoms with Crippen molar-refractivity contribution in [3.63, 3.8) is 0 Å². The number of oxazole rings is 1. The van der Waals surface area contributed by atoms with Crippen LogP contribution in [0.1, 0.15) is 63.1 Å². The predicted molar refractivity (Wildman–Crippen MR) is 133 cm³/mol. The van der Waals surface area contributed by atoms with Crippen LogP contribution in [0.4, 0.5) is 0 Å². The quantitative estimate of drug-likeness (QED) is 0.294. The molecule has 0 radical (unpaired) electrons. The monoisotopic (exact) mass is 441 g/mol. The molecule has 5 rings (SSSR count). The Labute approximate surface area is 193 Å². The number of benzene rings is 2. The minimum absolute atomic E-state index is 0.0739. The first kappa shape index (κ1) is 20.8. The fraction of sp³-hybridized carbons (Fsp3) is 0.286. The number of rotatable bonds is 2. The Morgan fingerprint density at radius 3 is 2.25 bits per heavy atom. The predicted octanol–water partition coefficient (Wildman–Crippen LogP) is 8.20. The lowest BCUT2D eigenvalue weighted by molar-refractivity contribution is 0.512. The lowest BCUT2D eigenvalue weighted by Crippen LogP contribution is -2.11. The van der Waals surface area contributed by atoms with Crippen LogP contribution in [0.3, 0.4) is 0 Å². The van der Waals surface area contributed by atoms with Gasteiger partial charge in [0, 0.05) is 5.56 Å². The van der Waals surface area contributed by atoms with Gasteiger partial charge in [-0.2, -0.15) is 0 Å². The summed E-state index contributed by atoms with van der Waals surface area (Å²) in [4.78, 5) is 6.72.